The van der Waals surface area contributed by atoms with Crippen LogP contribution in [-0.2, 0) is 18.3 Å². The minimum atomic E-state index is -0.130. The third kappa shape index (κ3) is 5.46. The van der Waals surface area contributed by atoms with Crippen LogP contribution in [0.2, 0.25) is 0 Å². The Morgan fingerprint density at radius 1 is 0.407 bits per heavy atom. The average molecular weight is 694 g/mol. The van der Waals surface area contributed by atoms with Gasteiger partial charge in [-0.1, -0.05) is 147 Å². The molecule has 0 radical (unpaired) electrons. The molecule has 0 spiro atoms. The van der Waals surface area contributed by atoms with Gasteiger partial charge in [0.25, 0.3) is 0 Å². The van der Waals surface area contributed by atoms with E-state index in [2.05, 4.69) is 195 Å². The first-order valence-corrected chi connectivity index (χ1v) is 19.5. The third-order valence-corrected chi connectivity index (χ3v) is 12.0. The highest BCUT2D eigenvalue weighted by Gasteiger charge is 2.37. The number of aryl methyl sites for hydroxylation is 1. The van der Waals surface area contributed by atoms with Crippen LogP contribution in [0.25, 0.3) is 55.3 Å². The molecule has 0 bridgehead atoms. The molecule has 54 heavy (non-hydrogen) atoms. The number of benzene rings is 8. The summed E-state index contributed by atoms with van der Waals surface area (Å²) in [6.07, 6.45) is 4.77. The van der Waals surface area contributed by atoms with Gasteiger partial charge in [-0.05, 0) is 140 Å². The van der Waals surface area contributed by atoms with Gasteiger partial charge in [0, 0.05) is 22.4 Å². The Hall–Kier alpha value is -6.18. The summed E-state index contributed by atoms with van der Waals surface area (Å²) >= 11 is 0. The van der Waals surface area contributed by atoms with Crippen LogP contribution >= 0.6 is 0 Å². The summed E-state index contributed by atoms with van der Waals surface area (Å²) in [4.78, 5) is 2.52. The van der Waals surface area contributed by atoms with Crippen LogP contribution < -0.4 is 4.90 Å². The predicted octanol–water partition coefficient (Wildman–Crippen LogP) is 14.5. The van der Waals surface area contributed by atoms with Crippen molar-refractivity contribution < 1.29 is 0 Å². The minimum Gasteiger partial charge on any atom is -0.310 e. The maximum absolute atomic E-state index is 2.53. The molecule has 0 saturated heterocycles. The van der Waals surface area contributed by atoms with Gasteiger partial charge in [0.15, 0.2) is 0 Å². The number of hydrogen-bond acceptors (Lipinski definition) is 1. The fourth-order valence-corrected chi connectivity index (χ4v) is 9.21. The summed E-state index contributed by atoms with van der Waals surface area (Å²) in [6.45, 7) is 4.79. The van der Waals surface area contributed by atoms with E-state index in [9.17, 15) is 0 Å². The SMILES string of the molecule is CC1(C)c2ccccc2-c2cc(-c3cccc4c3CCCC4)c(N(c3ccc(-c4ccccc4)cc3)c3ccc4cc(-c5ccccc5)ccc4c3)cc21. The van der Waals surface area contributed by atoms with Crippen molar-refractivity contribution in [1.82, 2.24) is 0 Å². The van der Waals surface area contributed by atoms with E-state index in [0.717, 1.165) is 24.2 Å². The van der Waals surface area contributed by atoms with E-state index in [0.29, 0.717) is 0 Å². The molecular formula is C53H43N. The summed E-state index contributed by atoms with van der Waals surface area (Å²) in [6, 6.07) is 65.5. The molecule has 2 aliphatic carbocycles. The van der Waals surface area contributed by atoms with Gasteiger partial charge in [0.1, 0.15) is 0 Å². The second kappa shape index (κ2) is 13.0. The maximum Gasteiger partial charge on any atom is 0.0543 e. The highest BCUT2D eigenvalue weighted by atomic mass is 15.1. The van der Waals surface area contributed by atoms with E-state index in [1.165, 1.54) is 96.1 Å². The van der Waals surface area contributed by atoms with Gasteiger partial charge in [0.2, 0.25) is 0 Å². The van der Waals surface area contributed by atoms with E-state index in [-0.39, 0.29) is 5.41 Å². The second-order valence-electron chi connectivity index (χ2n) is 15.6. The van der Waals surface area contributed by atoms with Gasteiger partial charge < -0.3 is 4.90 Å². The van der Waals surface area contributed by atoms with Gasteiger partial charge >= 0.3 is 0 Å². The average Bonchev–Trinajstić information content (AvgIpc) is 3.46. The normalized spacial score (nSPS) is 14.0. The molecular weight excluding hydrogens is 651 g/mol. The van der Waals surface area contributed by atoms with Crippen LogP contribution in [0.1, 0.15) is 48.9 Å². The first-order chi connectivity index (χ1) is 26.5. The van der Waals surface area contributed by atoms with Gasteiger partial charge in [0.05, 0.1) is 5.69 Å². The quantitative estimate of drug-likeness (QED) is 0.168. The molecule has 0 N–H and O–H groups in total. The molecule has 0 aromatic heterocycles. The fourth-order valence-electron chi connectivity index (χ4n) is 9.21. The largest absolute Gasteiger partial charge is 0.310 e. The molecule has 0 unspecified atom stereocenters. The maximum atomic E-state index is 2.53. The number of hydrogen-bond donors (Lipinski definition) is 0. The van der Waals surface area contributed by atoms with Gasteiger partial charge in [-0.3, -0.25) is 0 Å². The first kappa shape index (κ1) is 32.5. The van der Waals surface area contributed by atoms with E-state index < -0.39 is 0 Å². The van der Waals surface area contributed by atoms with E-state index >= 15 is 0 Å². The Labute approximate surface area is 319 Å². The van der Waals surface area contributed by atoms with Crippen LogP contribution in [0, 0.1) is 0 Å². The Morgan fingerprint density at radius 2 is 1.02 bits per heavy atom. The number of rotatable bonds is 6. The monoisotopic (exact) mass is 693 g/mol. The van der Waals surface area contributed by atoms with E-state index in [1.807, 2.05) is 0 Å². The van der Waals surface area contributed by atoms with Crippen molar-refractivity contribution in [2.75, 3.05) is 4.90 Å². The van der Waals surface area contributed by atoms with Crippen molar-refractivity contribution >= 4 is 27.8 Å². The lowest BCUT2D eigenvalue weighted by Crippen LogP contribution is -2.17. The summed E-state index contributed by atoms with van der Waals surface area (Å²) in [5.41, 5.74) is 19.5. The van der Waals surface area contributed by atoms with Crippen LogP contribution in [0.3, 0.4) is 0 Å². The molecule has 0 saturated carbocycles. The van der Waals surface area contributed by atoms with Crippen LogP contribution in [0.15, 0.2) is 176 Å². The molecule has 0 amide bonds. The lowest BCUT2D eigenvalue weighted by Gasteiger charge is -2.32. The second-order valence-corrected chi connectivity index (χ2v) is 15.6. The molecule has 0 heterocycles. The smallest absolute Gasteiger partial charge is 0.0543 e. The minimum absolute atomic E-state index is 0.130. The van der Waals surface area contributed by atoms with Gasteiger partial charge in [-0.25, -0.2) is 0 Å². The van der Waals surface area contributed by atoms with Gasteiger partial charge in [-0.2, -0.15) is 0 Å². The number of nitrogens with zero attached hydrogens (tertiary/aromatic N) is 1. The Bertz CT molecular complexity index is 2670. The Balaban J connectivity index is 1.22. The van der Waals surface area contributed by atoms with Crippen molar-refractivity contribution in [3.63, 3.8) is 0 Å². The van der Waals surface area contributed by atoms with Crippen molar-refractivity contribution in [2.24, 2.45) is 0 Å². The summed E-state index contributed by atoms with van der Waals surface area (Å²) < 4.78 is 0. The lowest BCUT2D eigenvalue weighted by atomic mass is 9.80. The molecule has 8 aromatic carbocycles. The molecule has 2 aliphatic rings. The zero-order valence-corrected chi connectivity index (χ0v) is 31.0. The van der Waals surface area contributed by atoms with Crippen molar-refractivity contribution in [3.8, 4) is 44.5 Å². The summed E-state index contributed by atoms with van der Waals surface area (Å²) in [5.74, 6) is 0. The molecule has 8 aromatic rings. The number of fused-ring (bicyclic) bond motifs is 5. The highest BCUT2D eigenvalue weighted by Crippen LogP contribution is 2.54. The molecule has 1 nitrogen and oxygen atoms in total. The Kier molecular flexibility index (Phi) is 7.84. The highest BCUT2D eigenvalue weighted by molar-refractivity contribution is 5.98. The molecule has 1 heteroatoms. The van der Waals surface area contributed by atoms with Crippen LogP contribution in [0.5, 0.6) is 0 Å². The van der Waals surface area contributed by atoms with Crippen molar-refractivity contribution in [1.29, 1.82) is 0 Å². The molecule has 260 valence electrons. The molecule has 10 rings (SSSR count). The zero-order valence-electron chi connectivity index (χ0n) is 31.0. The number of anilines is 3. The fraction of sp³-hybridized carbons (Fsp3) is 0.132. The van der Waals surface area contributed by atoms with Crippen molar-refractivity contribution in [3.05, 3.63) is 198 Å². The van der Waals surface area contributed by atoms with E-state index in [4.69, 9.17) is 0 Å². The van der Waals surface area contributed by atoms with Crippen LogP contribution in [0.4, 0.5) is 17.1 Å². The van der Waals surface area contributed by atoms with Gasteiger partial charge in [-0.15, -0.1) is 0 Å². The molecule has 0 atom stereocenters. The topological polar surface area (TPSA) is 3.24 Å². The third-order valence-electron chi connectivity index (χ3n) is 12.0. The summed E-state index contributed by atoms with van der Waals surface area (Å²) in [5, 5.41) is 2.47. The standard InChI is InChI=1S/C53H43N/c1-53(2)50-23-12-11-21-47(50)48-34-49(46-22-13-19-39-18-9-10-20-45(39)46)52(35-51(48)53)54(43-29-26-38(27-30-43)36-14-5-3-6-15-36)44-31-28-41-32-40(24-25-42(41)33-44)37-16-7-4-8-17-37/h3-8,11-17,19,21-35H,9-10,18,20H2,1-2H3. The van der Waals surface area contributed by atoms with Crippen LogP contribution in [-0.4, -0.2) is 0 Å². The van der Waals surface area contributed by atoms with Crippen molar-refractivity contribution in [2.45, 2.75) is 44.9 Å². The predicted molar refractivity (Wildman–Crippen MR) is 229 cm³/mol. The zero-order chi connectivity index (χ0) is 36.2. The van der Waals surface area contributed by atoms with E-state index in [1.54, 1.807) is 0 Å². The lowest BCUT2D eigenvalue weighted by molar-refractivity contribution is 0.660. The first-order valence-electron chi connectivity index (χ1n) is 19.5. The summed E-state index contributed by atoms with van der Waals surface area (Å²) in [7, 11) is 0. The molecule has 0 fully saturated rings. The molecule has 0 aliphatic heterocycles. The Morgan fingerprint density at radius 3 is 1.81 bits per heavy atom.